The van der Waals surface area contributed by atoms with Crippen LogP contribution in [0.25, 0.3) is 0 Å². The second-order valence-electron chi connectivity index (χ2n) is 7.26. The Morgan fingerprint density at radius 1 is 1.03 bits per heavy atom. The Kier molecular flexibility index (Phi) is 11.5. The summed E-state index contributed by atoms with van der Waals surface area (Å²) in [5, 5.41) is 5.82. The largest absolute Gasteiger partial charge is 0.340 e. The zero-order valence-corrected chi connectivity index (χ0v) is 20.3. The number of pyridine rings is 1. The zero-order valence-electron chi connectivity index (χ0n) is 19.5. The maximum Gasteiger partial charge on any atom is 0.251 e. The van der Waals surface area contributed by atoms with Gasteiger partial charge in [-0.2, -0.15) is 0 Å². The second kappa shape index (κ2) is 14.5. The second-order valence-corrected chi connectivity index (χ2v) is 8.50. The fourth-order valence-corrected chi connectivity index (χ4v) is 3.84. The van der Waals surface area contributed by atoms with Crippen molar-refractivity contribution in [2.45, 2.75) is 30.8 Å². The van der Waals surface area contributed by atoms with E-state index >= 15 is 0 Å². The SMILES string of the molecule is C=C.CCCNS(=O)c1ccc(NC(=O)C(Cc2ccccc2)NC(=O)c2ccc(F)cc2)cn1. The van der Waals surface area contributed by atoms with Crippen molar-refractivity contribution >= 4 is 28.5 Å². The normalized spacial score (nSPS) is 11.9. The van der Waals surface area contributed by atoms with Gasteiger partial charge in [0.05, 0.1) is 11.9 Å². The van der Waals surface area contributed by atoms with Crippen LogP contribution in [-0.4, -0.2) is 33.6 Å². The van der Waals surface area contributed by atoms with Gasteiger partial charge >= 0.3 is 0 Å². The predicted octanol–water partition coefficient (Wildman–Crippen LogP) is 4.02. The molecular weight excluding hydrogens is 467 g/mol. The number of halogens is 1. The van der Waals surface area contributed by atoms with Crippen LogP contribution in [0, 0.1) is 5.82 Å². The van der Waals surface area contributed by atoms with Crippen LogP contribution in [0.4, 0.5) is 10.1 Å². The summed E-state index contributed by atoms with van der Waals surface area (Å²) in [7, 11) is -1.43. The molecule has 0 saturated carbocycles. The van der Waals surface area contributed by atoms with E-state index < -0.39 is 34.7 Å². The summed E-state index contributed by atoms with van der Waals surface area (Å²) in [5.74, 6) is -1.38. The molecule has 0 saturated heterocycles. The molecule has 2 amide bonds. The summed E-state index contributed by atoms with van der Waals surface area (Å²) in [5.41, 5.74) is 1.52. The first-order valence-corrected chi connectivity index (χ1v) is 12.1. The van der Waals surface area contributed by atoms with Crippen LogP contribution in [0.2, 0.25) is 0 Å². The molecule has 0 fully saturated rings. The Bertz CT molecular complexity index is 1110. The lowest BCUT2D eigenvalue weighted by Crippen LogP contribution is -2.45. The molecule has 9 heteroatoms. The van der Waals surface area contributed by atoms with E-state index in [2.05, 4.69) is 33.5 Å². The lowest BCUT2D eigenvalue weighted by atomic mass is 10.0. The minimum absolute atomic E-state index is 0.246. The molecule has 2 unspecified atom stereocenters. The number of amides is 2. The Morgan fingerprint density at radius 2 is 1.71 bits per heavy atom. The summed E-state index contributed by atoms with van der Waals surface area (Å²) >= 11 is 0. The molecule has 184 valence electrons. The molecule has 2 atom stereocenters. The van der Waals surface area contributed by atoms with Gasteiger partial charge < -0.3 is 10.6 Å². The van der Waals surface area contributed by atoms with E-state index in [0.29, 0.717) is 17.3 Å². The minimum Gasteiger partial charge on any atom is -0.340 e. The van der Waals surface area contributed by atoms with E-state index in [1.165, 1.54) is 30.5 Å². The summed E-state index contributed by atoms with van der Waals surface area (Å²) in [6.07, 6.45) is 2.52. The fourth-order valence-electron chi connectivity index (χ4n) is 2.96. The number of carbonyl (C=O) groups is 2. The number of nitrogens with one attached hydrogen (secondary N) is 3. The van der Waals surface area contributed by atoms with Gasteiger partial charge in [-0.25, -0.2) is 18.3 Å². The van der Waals surface area contributed by atoms with Crippen molar-refractivity contribution in [3.63, 3.8) is 0 Å². The Labute approximate surface area is 207 Å². The maximum atomic E-state index is 13.2. The van der Waals surface area contributed by atoms with Crippen LogP contribution in [0.3, 0.4) is 0 Å². The molecule has 0 aliphatic carbocycles. The van der Waals surface area contributed by atoms with Gasteiger partial charge in [-0.05, 0) is 48.4 Å². The van der Waals surface area contributed by atoms with Crippen molar-refractivity contribution in [2.24, 2.45) is 0 Å². The number of hydrogen-bond acceptors (Lipinski definition) is 4. The molecular formula is C26H29FN4O3S. The van der Waals surface area contributed by atoms with Crippen LogP contribution in [0.5, 0.6) is 0 Å². The molecule has 0 bridgehead atoms. The van der Waals surface area contributed by atoms with Gasteiger partial charge in [-0.3, -0.25) is 9.59 Å². The van der Waals surface area contributed by atoms with E-state index in [1.54, 1.807) is 12.1 Å². The van der Waals surface area contributed by atoms with E-state index in [-0.39, 0.29) is 12.0 Å². The van der Waals surface area contributed by atoms with E-state index in [4.69, 9.17) is 0 Å². The standard InChI is InChI=1S/C24H25FN4O3S.C2H4/c1-2-14-27-33(32)22-13-12-20(16-26-22)28-24(31)21(15-17-6-4-3-5-7-17)29-23(30)18-8-10-19(25)11-9-18;1-2/h3-13,16,21,27H,2,14-15H2,1H3,(H,28,31)(H,29,30);1-2H2. The number of carbonyl (C=O) groups excluding carboxylic acids is 2. The summed E-state index contributed by atoms with van der Waals surface area (Å²) in [6.45, 7) is 8.57. The van der Waals surface area contributed by atoms with Crippen LogP contribution >= 0.6 is 0 Å². The van der Waals surface area contributed by atoms with Gasteiger partial charge in [0.2, 0.25) is 5.91 Å². The molecule has 3 N–H and O–H groups in total. The number of nitrogens with zero attached hydrogens (tertiary/aromatic N) is 1. The van der Waals surface area contributed by atoms with Crippen LogP contribution in [-0.2, 0) is 22.2 Å². The molecule has 2 aromatic carbocycles. The van der Waals surface area contributed by atoms with E-state index in [9.17, 15) is 18.2 Å². The third-order valence-electron chi connectivity index (χ3n) is 4.69. The lowest BCUT2D eigenvalue weighted by molar-refractivity contribution is -0.118. The predicted molar refractivity (Wildman–Crippen MR) is 137 cm³/mol. The van der Waals surface area contributed by atoms with Gasteiger partial charge in [0.15, 0.2) is 0 Å². The summed E-state index contributed by atoms with van der Waals surface area (Å²) in [6, 6.07) is 16.7. The van der Waals surface area contributed by atoms with Crippen LogP contribution in [0.1, 0.15) is 29.3 Å². The summed E-state index contributed by atoms with van der Waals surface area (Å²) < 4.78 is 28.1. The van der Waals surface area contributed by atoms with Crippen molar-refractivity contribution in [1.29, 1.82) is 0 Å². The minimum atomic E-state index is -1.43. The van der Waals surface area contributed by atoms with Gasteiger partial charge in [-0.1, -0.05) is 37.3 Å². The molecule has 1 heterocycles. The van der Waals surface area contributed by atoms with Gasteiger partial charge in [-0.15, -0.1) is 13.2 Å². The molecule has 0 aliphatic rings. The molecule has 1 aromatic heterocycles. The first kappa shape index (κ1) is 27.6. The smallest absolute Gasteiger partial charge is 0.251 e. The van der Waals surface area contributed by atoms with Gasteiger partial charge in [0.1, 0.15) is 27.9 Å². The molecule has 35 heavy (non-hydrogen) atoms. The Balaban J connectivity index is 0.00000210. The Morgan fingerprint density at radius 3 is 2.31 bits per heavy atom. The highest BCUT2D eigenvalue weighted by Crippen LogP contribution is 2.12. The van der Waals surface area contributed by atoms with Gasteiger partial charge in [0.25, 0.3) is 5.91 Å². The van der Waals surface area contributed by atoms with Crippen molar-refractivity contribution in [2.75, 3.05) is 11.9 Å². The third-order valence-corrected chi connectivity index (χ3v) is 5.78. The number of aromatic nitrogens is 1. The molecule has 3 aromatic rings. The highest BCUT2D eigenvalue weighted by Gasteiger charge is 2.22. The first-order chi connectivity index (χ1) is 17.0. The number of anilines is 1. The monoisotopic (exact) mass is 496 g/mol. The van der Waals surface area contributed by atoms with Crippen molar-refractivity contribution in [3.05, 3.63) is 103 Å². The molecule has 3 rings (SSSR count). The first-order valence-electron chi connectivity index (χ1n) is 11.0. The maximum absolute atomic E-state index is 13.2. The topological polar surface area (TPSA) is 100 Å². The Hall–Kier alpha value is -3.69. The molecule has 7 nitrogen and oxygen atoms in total. The molecule has 0 spiro atoms. The summed E-state index contributed by atoms with van der Waals surface area (Å²) in [4.78, 5) is 29.8. The quantitative estimate of drug-likeness (QED) is 0.369. The van der Waals surface area contributed by atoms with E-state index in [1.807, 2.05) is 37.3 Å². The zero-order chi connectivity index (χ0) is 25.6. The highest BCUT2D eigenvalue weighted by atomic mass is 32.2. The molecule has 0 radical (unpaired) electrons. The number of benzene rings is 2. The third kappa shape index (κ3) is 8.88. The van der Waals surface area contributed by atoms with Crippen LogP contribution < -0.4 is 15.4 Å². The van der Waals surface area contributed by atoms with Crippen LogP contribution in [0.15, 0.2) is 91.1 Å². The average Bonchev–Trinajstić information content (AvgIpc) is 2.89. The van der Waals surface area contributed by atoms with Gasteiger partial charge in [0, 0.05) is 18.5 Å². The van der Waals surface area contributed by atoms with Crippen molar-refractivity contribution < 1.29 is 18.2 Å². The van der Waals surface area contributed by atoms with E-state index in [0.717, 1.165) is 12.0 Å². The number of hydrogen-bond donors (Lipinski definition) is 3. The lowest BCUT2D eigenvalue weighted by Gasteiger charge is -2.19. The van der Waals surface area contributed by atoms with Crippen molar-refractivity contribution in [3.8, 4) is 0 Å². The molecule has 0 aliphatic heterocycles. The van der Waals surface area contributed by atoms with Crippen molar-refractivity contribution in [1.82, 2.24) is 15.0 Å². The number of rotatable bonds is 10. The average molecular weight is 497 g/mol. The fraction of sp³-hybridized carbons (Fsp3) is 0.192. The highest BCUT2D eigenvalue weighted by molar-refractivity contribution is 7.83.